The molecule has 0 radical (unpaired) electrons. The van der Waals surface area contributed by atoms with E-state index in [2.05, 4.69) is 24.1 Å². The second kappa shape index (κ2) is 5.66. The fourth-order valence-corrected chi connectivity index (χ4v) is 3.86. The van der Waals surface area contributed by atoms with Gasteiger partial charge in [-0.1, -0.05) is 12.1 Å². The molecule has 0 aliphatic carbocycles. The summed E-state index contributed by atoms with van der Waals surface area (Å²) in [6.07, 6.45) is 0. The van der Waals surface area contributed by atoms with Gasteiger partial charge in [0.2, 0.25) is 5.91 Å². The molecule has 2 aliphatic heterocycles. The molecule has 2 aliphatic rings. The van der Waals surface area contributed by atoms with E-state index in [0.29, 0.717) is 17.9 Å². The molecule has 5 nitrogen and oxygen atoms in total. The number of nitrogens with zero attached hydrogens (tertiary/aromatic N) is 2. The second-order valence-electron chi connectivity index (χ2n) is 6.04. The Hall–Kier alpha value is -1.59. The standard InChI is InChI=1S/C16H22N2O3/c1-17-7-12-8-18(15(20)10-19)9-14(12)16(17)11-3-5-13(21-2)6-4-11/h3-6,12,14,16,19H,7-10H2,1-2H3/t12-,14+,16-/m0/s1. The van der Waals surface area contributed by atoms with E-state index in [1.54, 1.807) is 12.0 Å². The molecule has 114 valence electrons. The van der Waals surface area contributed by atoms with Crippen LogP contribution in [0.3, 0.4) is 0 Å². The Balaban J connectivity index is 1.79. The lowest BCUT2D eigenvalue weighted by molar-refractivity contribution is -0.133. The number of benzene rings is 1. The molecule has 1 amide bonds. The third-order valence-electron chi connectivity index (χ3n) is 4.84. The molecular weight excluding hydrogens is 268 g/mol. The monoisotopic (exact) mass is 290 g/mol. The lowest BCUT2D eigenvalue weighted by atomic mass is 9.89. The predicted octanol–water partition coefficient (Wildman–Crippen LogP) is 0.749. The van der Waals surface area contributed by atoms with Crippen LogP contribution in [-0.2, 0) is 4.79 Å². The molecule has 2 heterocycles. The number of rotatable bonds is 3. The van der Waals surface area contributed by atoms with Crippen molar-refractivity contribution in [3.05, 3.63) is 29.8 Å². The zero-order valence-corrected chi connectivity index (χ0v) is 12.5. The zero-order chi connectivity index (χ0) is 15.0. The lowest BCUT2D eigenvalue weighted by Crippen LogP contribution is -2.34. The van der Waals surface area contributed by atoms with Crippen LogP contribution in [0, 0.1) is 11.8 Å². The number of hydrogen-bond acceptors (Lipinski definition) is 4. The number of methoxy groups -OCH3 is 1. The largest absolute Gasteiger partial charge is 0.497 e. The first-order valence-electron chi connectivity index (χ1n) is 7.37. The van der Waals surface area contributed by atoms with Crippen molar-refractivity contribution in [2.75, 3.05) is 40.4 Å². The first-order chi connectivity index (χ1) is 10.1. The predicted molar refractivity (Wildman–Crippen MR) is 79.0 cm³/mol. The highest BCUT2D eigenvalue weighted by Crippen LogP contribution is 2.44. The number of carbonyl (C=O) groups is 1. The highest BCUT2D eigenvalue weighted by Gasteiger charge is 2.46. The van der Waals surface area contributed by atoms with Crippen molar-refractivity contribution in [1.29, 1.82) is 0 Å². The number of ether oxygens (including phenoxy) is 1. The van der Waals surface area contributed by atoms with Crippen LogP contribution in [0.1, 0.15) is 11.6 Å². The normalized spacial score (nSPS) is 28.7. The lowest BCUT2D eigenvalue weighted by Gasteiger charge is -2.26. The van der Waals surface area contributed by atoms with Crippen molar-refractivity contribution in [2.45, 2.75) is 6.04 Å². The van der Waals surface area contributed by atoms with Crippen molar-refractivity contribution in [3.63, 3.8) is 0 Å². The Labute approximate surface area is 125 Å². The van der Waals surface area contributed by atoms with E-state index in [4.69, 9.17) is 9.84 Å². The van der Waals surface area contributed by atoms with E-state index < -0.39 is 0 Å². The Morgan fingerprint density at radius 2 is 2.00 bits per heavy atom. The molecule has 3 atom stereocenters. The van der Waals surface area contributed by atoms with Crippen LogP contribution in [0.15, 0.2) is 24.3 Å². The van der Waals surface area contributed by atoms with Crippen LogP contribution in [0.5, 0.6) is 5.75 Å². The van der Waals surface area contributed by atoms with E-state index in [1.807, 2.05) is 12.1 Å². The highest BCUT2D eigenvalue weighted by atomic mass is 16.5. The number of carbonyl (C=O) groups excluding carboxylic acids is 1. The smallest absolute Gasteiger partial charge is 0.248 e. The van der Waals surface area contributed by atoms with E-state index in [-0.39, 0.29) is 12.5 Å². The van der Waals surface area contributed by atoms with E-state index >= 15 is 0 Å². The summed E-state index contributed by atoms with van der Waals surface area (Å²) < 4.78 is 5.21. The summed E-state index contributed by atoms with van der Waals surface area (Å²) in [7, 11) is 3.81. The molecule has 0 aromatic heterocycles. The average molecular weight is 290 g/mol. The summed E-state index contributed by atoms with van der Waals surface area (Å²) in [6.45, 7) is 2.12. The van der Waals surface area contributed by atoms with Crippen molar-refractivity contribution in [1.82, 2.24) is 9.80 Å². The summed E-state index contributed by atoms with van der Waals surface area (Å²) in [5.41, 5.74) is 1.27. The minimum absolute atomic E-state index is 0.152. The molecule has 2 fully saturated rings. The van der Waals surface area contributed by atoms with Crippen LogP contribution in [-0.4, -0.2) is 61.2 Å². The third-order valence-corrected chi connectivity index (χ3v) is 4.84. The zero-order valence-electron chi connectivity index (χ0n) is 12.5. The summed E-state index contributed by atoms with van der Waals surface area (Å²) in [4.78, 5) is 15.9. The molecule has 0 saturated carbocycles. The fourth-order valence-electron chi connectivity index (χ4n) is 3.86. The van der Waals surface area contributed by atoms with Crippen LogP contribution in [0.4, 0.5) is 0 Å². The van der Waals surface area contributed by atoms with Crippen molar-refractivity contribution in [2.24, 2.45) is 11.8 Å². The Morgan fingerprint density at radius 1 is 1.29 bits per heavy atom. The van der Waals surface area contributed by atoms with Crippen molar-refractivity contribution < 1.29 is 14.6 Å². The van der Waals surface area contributed by atoms with Gasteiger partial charge in [-0.05, 0) is 30.7 Å². The second-order valence-corrected chi connectivity index (χ2v) is 6.04. The van der Waals surface area contributed by atoms with Gasteiger partial charge in [0.05, 0.1) is 7.11 Å². The number of amides is 1. The van der Waals surface area contributed by atoms with E-state index in [1.165, 1.54) is 5.56 Å². The van der Waals surface area contributed by atoms with Crippen LogP contribution < -0.4 is 4.74 Å². The van der Waals surface area contributed by atoms with Crippen LogP contribution >= 0.6 is 0 Å². The molecule has 1 aromatic carbocycles. The van der Waals surface area contributed by atoms with Gasteiger partial charge in [0.15, 0.2) is 0 Å². The fraction of sp³-hybridized carbons (Fsp3) is 0.562. The summed E-state index contributed by atoms with van der Waals surface area (Å²) in [5.74, 6) is 1.65. The summed E-state index contributed by atoms with van der Waals surface area (Å²) >= 11 is 0. The number of aliphatic hydroxyl groups is 1. The van der Waals surface area contributed by atoms with Gasteiger partial charge in [-0.15, -0.1) is 0 Å². The van der Waals surface area contributed by atoms with Gasteiger partial charge < -0.3 is 14.7 Å². The number of hydrogen-bond donors (Lipinski definition) is 1. The number of likely N-dealkylation sites (tertiary alicyclic amines) is 2. The SMILES string of the molecule is COc1ccc([C@H]2[C@@H]3CN(C(=O)CO)C[C@@H]3CN2C)cc1. The molecule has 1 N–H and O–H groups in total. The number of fused-ring (bicyclic) bond motifs is 1. The van der Waals surface area contributed by atoms with Gasteiger partial charge in [-0.2, -0.15) is 0 Å². The maximum absolute atomic E-state index is 11.7. The first kappa shape index (κ1) is 14.4. The topological polar surface area (TPSA) is 53.0 Å². The van der Waals surface area contributed by atoms with Gasteiger partial charge >= 0.3 is 0 Å². The average Bonchev–Trinajstić information content (AvgIpc) is 3.03. The minimum Gasteiger partial charge on any atom is -0.497 e. The Kier molecular flexibility index (Phi) is 3.87. The van der Waals surface area contributed by atoms with Crippen LogP contribution in [0.2, 0.25) is 0 Å². The van der Waals surface area contributed by atoms with Crippen LogP contribution in [0.25, 0.3) is 0 Å². The maximum atomic E-state index is 11.7. The Bertz CT molecular complexity index is 517. The van der Waals surface area contributed by atoms with Gasteiger partial charge in [-0.3, -0.25) is 9.69 Å². The minimum atomic E-state index is -0.386. The highest BCUT2D eigenvalue weighted by molar-refractivity contribution is 5.77. The molecule has 0 unspecified atom stereocenters. The Morgan fingerprint density at radius 3 is 2.62 bits per heavy atom. The number of aliphatic hydroxyl groups excluding tert-OH is 1. The molecule has 1 aromatic rings. The van der Waals surface area contributed by atoms with Gasteiger partial charge in [0.25, 0.3) is 0 Å². The molecule has 21 heavy (non-hydrogen) atoms. The molecule has 0 spiro atoms. The molecule has 2 saturated heterocycles. The summed E-state index contributed by atoms with van der Waals surface area (Å²) in [6, 6.07) is 8.53. The molecule has 5 heteroatoms. The molecule has 0 bridgehead atoms. The van der Waals surface area contributed by atoms with Gasteiger partial charge in [0, 0.05) is 31.6 Å². The maximum Gasteiger partial charge on any atom is 0.248 e. The van der Waals surface area contributed by atoms with Gasteiger partial charge in [0.1, 0.15) is 12.4 Å². The molecular formula is C16H22N2O3. The third kappa shape index (κ3) is 2.51. The van der Waals surface area contributed by atoms with Crippen molar-refractivity contribution in [3.8, 4) is 5.75 Å². The van der Waals surface area contributed by atoms with Gasteiger partial charge in [-0.25, -0.2) is 0 Å². The first-order valence-corrected chi connectivity index (χ1v) is 7.37. The van der Waals surface area contributed by atoms with E-state index in [0.717, 1.165) is 25.4 Å². The summed E-state index contributed by atoms with van der Waals surface area (Å²) in [5, 5.41) is 9.04. The van der Waals surface area contributed by atoms with E-state index in [9.17, 15) is 4.79 Å². The molecule has 3 rings (SSSR count). The quantitative estimate of drug-likeness (QED) is 0.892. The van der Waals surface area contributed by atoms with Crippen molar-refractivity contribution >= 4 is 5.91 Å².